The van der Waals surface area contributed by atoms with Gasteiger partial charge in [0, 0.05) is 21.2 Å². The molecule has 4 aromatic carbocycles. The number of fused-ring (bicyclic) bond motifs is 3. The summed E-state index contributed by atoms with van der Waals surface area (Å²) >= 11 is 12.4. The lowest BCUT2D eigenvalue weighted by Crippen LogP contribution is -2.40. The molecular weight excluding hydrogens is 507 g/mol. The van der Waals surface area contributed by atoms with E-state index in [1.807, 2.05) is 18.2 Å². The number of ether oxygens (including phenoxy) is 1. The second kappa shape index (κ2) is 9.26. The van der Waals surface area contributed by atoms with Crippen LogP contribution in [0.3, 0.4) is 0 Å². The number of carbonyl (C=O) groups is 1. The number of anilines is 2. The van der Waals surface area contributed by atoms with Gasteiger partial charge in [0.2, 0.25) is 5.91 Å². The molecule has 0 saturated carbocycles. The van der Waals surface area contributed by atoms with Gasteiger partial charge >= 0.3 is 0 Å². The molecule has 1 aliphatic rings. The maximum Gasteiger partial charge on any atom is 0.265 e. The number of carbonyl (C=O) groups excluding carboxylic acids is 1. The number of halogens is 2. The molecule has 1 amide bonds. The number of amides is 1. The van der Waals surface area contributed by atoms with Crippen molar-refractivity contribution in [2.75, 3.05) is 16.2 Å². The summed E-state index contributed by atoms with van der Waals surface area (Å²) in [6, 6.07) is 25.4. The zero-order valence-corrected chi connectivity index (χ0v) is 20.4. The molecule has 0 atom stereocenters. The smallest absolute Gasteiger partial charge is 0.265 e. The molecule has 1 heterocycles. The van der Waals surface area contributed by atoms with Crippen LogP contribution in [-0.4, -0.2) is 20.9 Å². The average molecular weight is 525 g/mol. The molecule has 0 aromatic heterocycles. The number of hydrogen-bond donors (Lipinski definition) is 1. The molecule has 176 valence electrons. The minimum atomic E-state index is -3.99. The summed E-state index contributed by atoms with van der Waals surface area (Å²) in [5, 5.41) is 3.59. The van der Waals surface area contributed by atoms with Gasteiger partial charge in [0.1, 0.15) is 12.3 Å². The van der Waals surface area contributed by atoms with E-state index in [1.54, 1.807) is 66.7 Å². The van der Waals surface area contributed by atoms with Crippen LogP contribution in [0, 0.1) is 0 Å². The molecule has 0 unspecified atom stereocenters. The van der Waals surface area contributed by atoms with E-state index in [4.69, 9.17) is 27.9 Å². The van der Waals surface area contributed by atoms with Crippen molar-refractivity contribution >= 4 is 50.5 Å². The van der Waals surface area contributed by atoms with E-state index in [9.17, 15) is 13.2 Å². The van der Waals surface area contributed by atoms with E-state index in [1.165, 1.54) is 6.07 Å². The highest BCUT2D eigenvalue weighted by molar-refractivity contribution is 7.93. The Morgan fingerprint density at radius 1 is 0.829 bits per heavy atom. The number of nitrogens with one attached hydrogen (secondary N) is 1. The first-order valence-corrected chi connectivity index (χ1v) is 12.8. The van der Waals surface area contributed by atoms with Crippen LogP contribution in [0.1, 0.15) is 0 Å². The van der Waals surface area contributed by atoms with Gasteiger partial charge < -0.3 is 10.1 Å². The lowest BCUT2D eigenvalue weighted by atomic mass is 10.0. The Morgan fingerprint density at radius 2 is 1.51 bits per heavy atom. The van der Waals surface area contributed by atoms with Crippen molar-refractivity contribution in [2.24, 2.45) is 0 Å². The first-order valence-electron chi connectivity index (χ1n) is 10.6. The number of rotatable bonds is 5. The predicted octanol–water partition coefficient (Wildman–Crippen LogP) is 6.60. The predicted molar refractivity (Wildman–Crippen MR) is 138 cm³/mol. The fraction of sp³-hybridized carbons (Fsp3) is 0.0385. The molecule has 4 aromatic rings. The fourth-order valence-corrected chi connectivity index (χ4v) is 5.89. The quantitative estimate of drug-likeness (QED) is 0.319. The van der Waals surface area contributed by atoms with E-state index in [0.29, 0.717) is 44.0 Å². The van der Waals surface area contributed by atoms with Crippen molar-refractivity contribution in [1.29, 1.82) is 0 Å². The maximum absolute atomic E-state index is 13.5. The monoisotopic (exact) mass is 524 g/mol. The van der Waals surface area contributed by atoms with Crippen LogP contribution in [0.5, 0.6) is 11.5 Å². The molecule has 0 bridgehead atoms. The first kappa shape index (κ1) is 23.2. The van der Waals surface area contributed by atoms with Crippen LogP contribution in [-0.2, 0) is 14.8 Å². The van der Waals surface area contributed by atoms with Crippen LogP contribution in [0.4, 0.5) is 11.4 Å². The van der Waals surface area contributed by atoms with Gasteiger partial charge in [-0.3, -0.25) is 9.10 Å². The van der Waals surface area contributed by atoms with Gasteiger partial charge in [-0.2, -0.15) is 0 Å². The number of para-hydroxylation sites is 1. The lowest BCUT2D eigenvalue weighted by Gasteiger charge is -2.31. The molecule has 1 aliphatic heterocycles. The highest BCUT2D eigenvalue weighted by Gasteiger charge is 2.36. The number of benzene rings is 4. The van der Waals surface area contributed by atoms with E-state index in [2.05, 4.69) is 5.32 Å². The molecule has 35 heavy (non-hydrogen) atoms. The zero-order chi connectivity index (χ0) is 24.6. The van der Waals surface area contributed by atoms with Gasteiger partial charge in [-0.15, -0.1) is 0 Å². The molecule has 5 rings (SSSR count). The molecule has 0 spiro atoms. The number of hydrogen-bond acceptors (Lipinski definition) is 4. The highest BCUT2D eigenvalue weighted by Crippen LogP contribution is 2.44. The summed E-state index contributed by atoms with van der Waals surface area (Å²) in [4.78, 5) is 13.2. The number of sulfonamides is 1. The van der Waals surface area contributed by atoms with Crippen LogP contribution in [0.2, 0.25) is 10.0 Å². The van der Waals surface area contributed by atoms with E-state index < -0.39 is 22.5 Å². The van der Waals surface area contributed by atoms with E-state index >= 15 is 0 Å². The van der Waals surface area contributed by atoms with Crippen molar-refractivity contribution in [1.82, 2.24) is 0 Å². The summed E-state index contributed by atoms with van der Waals surface area (Å²) < 4.78 is 33.9. The van der Waals surface area contributed by atoms with Gasteiger partial charge in [0.15, 0.2) is 5.75 Å². The Hall–Kier alpha value is -3.52. The molecule has 0 saturated heterocycles. The standard InChI is InChI=1S/C26H18Cl2N2O4S/c27-17-10-12-23-21(14-17)20-8-4-5-9-25(20)35(32,33)30(23)16-26(31)29-22-15-18(28)11-13-24(22)34-19-6-2-1-3-7-19/h1-15H,16H2,(H,29,31). The van der Waals surface area contributed by atoms with Crippen molar-refractivity contribution in [3.8, 4) is 22.6 Å². The Labute approximate surface area is 212 Å². The second-order valence-corrected chi connectivity index (χ2v) is 10.5. The van der Waals surface area contributed by atoms with Gasteiger partial charge in [0.25, 0.3) is 10.0 Å². The summed E-state index contributed by atoms with van der Waals surface area (Å²) in [6.07, 6.45) is 0. The van der Waals surface area contributed by atoms with Gasteiger partial charge in [0.05, 0.1) is 16.3 Å². The van der Waals surface area contributed by atoms with Crippen molar-refractivity contribution in [3.05, 3.63) is 101 Å². The summed E-state index contributed by atoms with van der Waals surface area (Å²) in [5.74, 6) is 0.383. The van der Waals surface area contributed by atoms with Gasteiger partial charge in [-0.1, -0.05) is 59.6 Å². The largest absolute Gasteiger partial charge is 0.455 e. The van der Waals surface area contributed by atoms with Crippen molar-refractivity contribution < 1.29 is 17.9 Å². The molecule has 9 heteroatoms. The minimum Gasteiger partial charge on any atom is -0.455 e. The molecular formula is C26H18Cl2N2O4S. The van der Waals surface area contributed by atoms with Crippen LogP contribution in [0.15, 0.2) is 95.9 Å². The van der Waals surface area contributed by atoms with E-state index in [0.717, 1.165) is 4.31 Å². The van der Waals surface area contributed by atoms with Crippen molar-refractivity contribution in [3.63, 3.8) is 0 Å². The normalized spacial score (nSPS) is 13.5. The topological polar surface area (TPSA) is 75.7 Å². The van der Waals surface area contributed by atoms with Gasteiger partial charge in [-0.25, -0.2) is 8.42 Å². The molecule has 0 aliphatic carbocycles. The third-order valence-corrected chi connectivity index (χ3v) is 7.73. The van der Waals surface area contributed by atoms with Gasteiger partial charge in [-0.05, 0) is 54.6 Å². The molecule has 6 nitrogen and oxygen atoms in total. The number of nitrogens with zero attached hydrogens (tertiary/aromatic N) is 1. The Morgan fingerprint density at radius 3 is 2.31 bits per heavy atom. The molecule has 0 radical (unpaired) electrons. The second-order valence-electron chi connectivity index (χ2n) is 7.77. The average Bonchev–Trinajstić information content (AvgIpc) is 2.84. The Balaban J connectivity index is 1.47. The summed E-state index contributed by atoms with van der Waals surface area (Å²) in [5.41, 5.74) is 1.86. The SMILES string of the molecule is O=C(CN1c2ccc(Cl)cc2-c2ccccc2S1(=O)=O)Nc1cc(Cl)ccc1Oc1ccccc1. The summed E-state index contributed by atoms with van der Waals surface area (Å²) in [6.45, 7) is -0.456. The van der Waals surface area contributed by atoms with Crippen LogP contribution >= 0.6 is 23.2 Å². The third-order valence-electron chi connectivity index (χ3n) is 5.45. The Kier molecular flexibility index (Phi) is 6.15. The highest BCUT2D eigenvalue weighted by atomic mass is 35.5. The summed E-state index contributed by atoms with van der Waals surface area (Å²) in [7, 11) is -3.99. The van der Waals surface area contributed by atoms with Crippen molar-refractivity contribution in [2.45, 2.75) is 4.90 Å². The molecule has 1 N–H and O–H groups in total. The van der Waals surface area contributed by atoms with Crippen LogP contribution in [0.25, 0.3) is 11.1 Å². The first-order chi connectivity index (χ1) is 16.8. The maximum atomic E-state index is 13.5. The molecule has 0 fully saturated rings. The zero-order valence-electron chi connectivity index (χ0n) is 18.1. The lowest BCUT2D eigenvalue weighted by molar-refractivity contribution is -0.114. The Bertz CT molecular complexity index is 1540. The van der Waals surface area contributed by atoms with E-state index in [-0.39, 0.29) is 4.90 Å². The minimum absolute atomic E-state index is 0.110. The van der Waals surface area contributed by atoms with Crippen LogP contribution < -0.4 is 14.4 Å². The third kappa shape index (κ3) is 4.58. The fourth-order valence-electron chi connectivity index (χ4n) is 3.90.